The molecule has 5 nitrogen and oxygen atoms in total. The fourth-order valence-corrected chi connectivity index (χ4v) is 1.97. The first-order valence-electron chi connectivity index (χ1n) is 6.90. The molecule has 2 aromatic heterocycles. The third-order valence-electron chi connectivity index (χ3n) is 3.04. The van der Waals surface area contributed by atoms with Crippen molar-refractivity contribution in [3.8, 4) is 5.88 Å². The lowest BCUT2D eigenvalue weighted by molar-refractivity contribution is -0.129. The van der Waals surface area contributed by atoms with Gasteiger partial charge in [0.05, 0.1) is 19.6 Å². The van der Waals surface area contributed by atoms with Crippen LogP contribution in [0.2, 0.25) is 0 Å². The number of ether oxygens (including phenoxy) is 1. The van der Waals surface area contributed by atoms with Crippen molar-refractivity contribution in [2.24, 2.45) is 0 Å². The van der Waals surface area contributed by atoms with Gasteiger partial charge in [0.25, 0.3) is 0 Å². The molecule has 0 fully saturated rings. The molecule has 0 unspecified atom stereocenters. The standard InChI is InChI=1S/C16H19N3O2/c1-3-21-16-14(7-5-9-18-16)12-19(2)15(20)10-13-6-4-8-17-11-13/h4-9,11H,3,10,12H2,1-2H3. The summed E-state index contributed by atoms with van der Waals surface area (Å²) in [5.41, 5.74) is 1.81. The van der Waals surface area contributed by atoms with E-state index in [0.29, 0.717) is 25.5 Å². The van der Waals surface area contributed by atoms with Crippen LogP contribution in [-0.2, 0) is 17.8 Å². The van der Waals surface area contributed by atoms with Crippen LogP contribution in [0.25, 0.3) is 0 Å². The lowest BCUT2D eigenvalue weighted by atomic mass is 10.2. The summed E-state index contributed by atoms with van der Waals surface area (Å²) in [6.45, 7) is 2.94. The monoisotopic (exact) mass is 285 g/mol. The SMILES string of the molecule is CCOc1ncccc1CN(C)C(=O)Cc1cccnc1. The van der Waals surface area contributed by atoms with E-state index in [-0.39, 0.29) is 5.91 Å². The fourth-order valence-electron chi connectivity index (χ4n) is 1.97. The largest absolute Gasteiger partial charge is 0.478 e. The van der Waals surface area contributed by atoms with E-state index in [0.717, 1.165) is 11.1 Å². The van der Waals surface area contributed by atoms with Crippen molar-refractivity contribution in [3.05, 3.63) is 54.0 Å². The topological polar surface area (TPSA) is 55.3 Å². The van der Waals surface area contributed by atoms with Gasteiger partial charge in [0.15, 0.2) is 0 Å². The average molecular weight is 285 g/mol. The molecule has 0 bridgehead atoms. The highest BCUT2D eigenvalue weighted by Gasteiger charge is 2.13. The van der Waals surface area contributed by atoms with Gasteiger partial charge in [-0.25, -0.2) is 4.98 Å². The van der Waals surface area contributed by atoms with E-state index < -0.39 is 0 Å². The molecule has 0 radical (unpaired) electrons. The Morgan fingerprint density at radius 1 is 1.29 bits per heavy atom. The molecule has 0 atom stereocenters. The van der Waals surface area contributed by atoms with E-state index in [1.165, 1.54) is 0 Å². The van der Waals surface area contributed by atoms with Gasteiger partial charge in [-0.05, 0) is 24.6 Å². The molecule has 0 saturated carbocycles. The summed E-state index contributed by atoms with van der Waals surface area (Å²) in [4.78, 5) is 22.1. The van der Waals surface area contributed by atoms with E-state index in [4.69, 9.17) is 4.74 Å². The Kier molecular flexibility index (Phi) is 5.26. The van der Waals surface area contributed by atoms with Crippen molar-refractivity contribution < 1.29 is 9.53 Å². The first-order valence-corrected chi connectivity index (χ1v) is 6.90. The Hall–Kier alpha value is -2.43. The zero-order valence-electron chi connectivity index (χ0n) is 12.3. The van der Waals surface area contributed by atoms with Crippen LogP contribution in [0.3, 0.4) is 0 Å². The molecule has 0 aliphatic rings. The number of amides is 1. The molecule has 5 heteroatoms. The highest BCUT2D eigenvalue weighted by atomic mass is 16.5. The molecule has 0 aliphatic heterocycles. The van der Waals surface area contributed by atoms with Crippen molar-refractivity contribution in [1.29, 1.82) is 0 Å². The smallest absolute Gasteiger partial charge is 0.227 e. The van der Waals surface area contributed by atoms with Gasteiger partial charge in [0.1, 0.15) is 0 Å². The van der Waals surface area contributed by atoms with Crippen molar-refractivity contribution in [3.63, 3.8) is 0 Å². The van der Waals surface area contributed by atoms with E-state index in [1.54, 1.807) is 30.5 Å². The summed E-state index contributed by atoms with van der Waals surface area (Å²) < 4.78 is 5.48. The molecule has 110 valence electrons. The van der Waals surface area contributed by atoms with E-state index in [9.17, 15) is 4.79 Å². The highest BCUT2D eigenvalue weighted by molar-refractivity contribution is 5.78. The van der Waals surface area contributed by atoms with Gasteiger partial charge in [-0.3, -0.25) is 9.78 Å². The minimum atomic E-state index is 0.0364. The summed E-state index contributed by atoms with van der Waals surface area (Å²) in [5, 5.41) is 0. The van der Waals surface area contributed by atoms with Gasteiger partial charge in [-0.15, -0.1) is 0 Å². The first kappa shape index (κ1) is 15.0. The van der Waals surface area contributed by atoms with Crippen LogP contribution in [0, 0.1) is 0 Å². The van der Waals surface area contributed by atoms with E-state index >= 15 is 0 Å². The lowest BCUT2D eigenvalue weighted by Crippen LogP contribution is -2.28. The summed E-state index contributed by atoms with van der Waals surface area (Å²) in [6.07, 6.45) is 5.43. The fraction of sp³-hybridized carbons (Fsp3) is 0.312. The van der Waals surface area contributed by atoms with Crippen molar-refractivity contribution in [1.82, 2.24) is 14.9 Å². The van der Waals surface area contributed by atoms with Crippen LogP contribution in [-0.4, -0.2) is 34.4 Å². The number of carbonyl (C=O) groups is 1. The molecule has 0 aromatic carbocycles. The molecule has 1 amide bonds. The molecule has 2 rings (SSSR count). The Bertz CT molecular complexity index is 587. The van der Waals surface area contributed by atoms with Gasteiger partial charge < -0.3 is 9.64 Å². The molecule has 0 N–H and O–H groups in total. The minimum Gasteiger partial charge on any atom is -0.478 e. The quantitative estimate of drug-likeness (QED) is 0.815. The maximum Gasteiger partial charge on any atom is 0.227 e. The second kappa shape index (κ2) is 7.38. The molecule has 0 saturated heterocycles. The van der Waals surface area contributed by atoms with Crippen molar-refractivity contribution in [2.45, 2.75) is 19.9 Å². The Morgan fingerprint density at radius 3 is 2.81 bits per heavy atom. The van der Waals surface area contributed by atoms with E-state index in [1.807, 2.05) is 31.2 Å². The summed E-state index contributed by atoms with van der Waals surface area (Å²) in [5.74, 6) is 0.621. The van der Waals surface area contributed by atoms with Gasteiger partial charge in [0, 0.05) is 31.2 Å². The molecule has 2 heterocycles. The lowest BCUT2D eigenvalue weighted by Gasteiger charge is -2.18. The number of aromatic nitrogens is 2. The Labute approximate surface area is 124 Å². The Balaban J connectivity index is 2.01. The molecular formula is C16H19N3O2. The Morgan fingerprint density at radius 2 is 2.10 bits per heavy atom. The number of rotatable bonds is 6. The third kappa shape index (κ3) is 4.27. The van der Waals surface area contributed by atoms with Crippen LogP contribution < -0.4 is 4.74 Å². The molecular weight excluding hydrogens is 266 g/mol. The van der Waals surface area contributed by atoms with Crippen LogP contribution >= 0.6 is 0 Å². The average Bonchev–Trinajstić information content (AvgIpc) is 2.50. The second-order valence-electron chi connectivity index (χ2n) is 4.69. The van der Waals surface area contributed by atoms with Crippen LogP contribution in [0.4, 0.5) is 0 Å². The molecule has 2 aromatic rings. The van der Waals surface area contributed by atoms with Crippen LogP contribution in [0.15, 0.2) is 42.9 Å². The predicted octanol–water partition coefficient (Wildman–Crippen LogP) is 2.08. The molecule has 21 heavy (non-hydrogen) atoms. The summed E-state index contributed by atoms with van der Waals surface area (Å²) in [7, 11) is 1.78. The predicted molar refractivity (Wildman–Crippen MR) is 79.8 cm³/mol. The van der Waals surface area contributed by atoms with Gasteiger partial charge in [0.2, 0.25) is 11.8 Å². The number of hydrogen-bond acceptors (Lipinski definition) is 4. The highest BCUT2D eigenvalue weighted by Crippen LogP contribution is 2.16. The van der Waals surface area contributed by atoms with E-state index in [2.05, 4.69) is 9.97 Å². The van der Waals surface area contributed by atoms with Gasteiger partial charge in [-0.2, -0.15) is 0 Å². The van der Waals surface area contributed by atoms with Gasteiger partial charge in [-0.1, -0.05) is 12.1 Å². The third-order valence-corrected chi connectivity index (χ3v) is 3.04. The summed E-state index contributed by atoms with van der Waals surface area (Å²) >= 11 is 0. The minimum absolute atomic E-state index is 0.0364. The first-order chi connectivity index (χ1) is 10.2. The number of likely N-dealkylation sites (N-methyl/N-ethyl adjacent to an activating group) is 1. The normalized spacial score (nSPS) is 10.2. The molecule has 0 spiro atoms. The van der Waals surface area contributed by atoms with Crippen LogP contribution in [0.1, 0.15) is 18.1 Å². The zero-order chi connectivity index (χ0) is 15.1. The zero-order valence-corrected chi connectivity index (χ0v) is 12.3. The maximum atomic E-state index is 12.2. The summed E-state index contributed by atoms with van der Waals surface area (Å²) in [6, 6.07) is 7.49. The second-order valence-corrected chi connectivity index (χ2v) is 4.69. The van der Waals surface area contributed by atoms with Crippen molar-refractivity contribution >= 4 is 5.91 Å². The molecule has 0 aliphatic carbocycles. The van der Waals surface area contributed by atoms with Gasteiger partial charge >= 0.3 is 0 Å². The number of nitrogens with zero attached hydrogens (tertiary/aromatic N) is 3. The maximum absolute atomic E-state index is 12.2. The number of hydrogen-bond donors (Lipinski definition) is 0. The number of pyridine rings is 2. The number of carbonyl (C=O) groups excluding carboxylic acids is 1. The van der Waals surface area contributed by atoms with Crippen molar-refractivity contribution in [2.75, 3.05) is 13.7 Å². The van der Waals surface area contributed by atoms with Crippen LogP contribution in [0.5, 0.6) is 5.88 Å².